The lowest BCUT2D eigenvalue weighted by atomic mass is 10.2. The molecule has 0 atom stereocenters. The zero-order valence-electron chi connectivity index (χ0n) is 10.7. The summed E-state index contributed by atoms with van der Waals surface area (Å²) in [7, 11) is 0. The monoisotopic (exact) mass is 349 g/mol. The molecule has 2 rings (SSSR count). The summed E-state index contributed by atoms with van der Waals surface area (Å²) in [5.41, 5.74) is 2.03. The van der Waals surface area contributed by atoms with E-state index in [9.17, 15) is 0 Å². The zero-order valence-corrected chi connectivity index (χ0v) is 13.0. The highest BCUT2D eigenvalue weighted by Gasteiger charge is 2.03. The van der Waals surface area contributed by atoms with Crippen LogP contribution >= 0.6 is 27.5 Å². The Labute approximate surface area is 132 Å². The van der Waals surface area contributed by atoms with Crippen LogP contribution in [0.5, 0.6) is 5.75 Å². The number of hydrogen-bond acceptors (Lipinski definition) is 2. The summed E-state index contributed by atoms with van der Waals surface area (Å²) in [5.74, 6) is 3.26. The molecule has 0 saturated carbocycles. The first-order valence-corrected chi connectivity index (χ1v) is 7.21. The molecule has 0 aromatic heterocycles. The lowest BCUT2D eigenvalue weighted by molar-refractivity contribution is 0.366. The Balaban J connectivity index is 2.06. The summed E-state index contributed by atoms with van der Waals surface area (Å²) >= 11 is 9.37. The highest BCUT2D eigenvalue weighted by atomic mass is 79.9. The summed E-state index contributed by atoms with van der Waals surface area (Å²) in [6.45, 7) is 0.915. The van der Waals surface area contributed by atoms with Crippen molar-refractivity contribution in [2.24, 2.45) is 0 Å². The fraction of sp³-hybridized carbons (Fsp3) is 0.125. The van der Waals surface area contributed by atoms with Crippen molar-refractivity contribution in [2.75, 3.05) is 11.9 Å². The van der Waals surface area contributed by atoms with E-state index in [1.807, 2.05) is 42.5 Å². The predicted octanol–water partition coefficient (Wildman–Crippen LogP) is 4.73. The molecule has 20 heavy (non-hydrogen) atoms. The van der Waals surface area contributed by atoms with E-state index in [-0.39, 0.29) is 6.61 Å². The van der Waals surface area contributed by atoms with E-state index in [0.717, 1.165) is 21.5 Å². The van der Waals surface area contributed by atoms with E-state index in [4.69, 9.17) is 22.8 Å². The molecule has 4 heteroatoms. The van der Waals surface area contributed by atoms with Crippen LogP contribution in [0.4, 0.5) is 5.69 Å². The molecule has 0 aliphatic heterocycles. The Morgan fingerprint density at radius 1 is 1.25 bits per heavy atom. The molecule has 0 heterocycles. The van der Waals surface area contributed by atoms with Gasteiger partial charge in [0, 0.05) is 22.3 Å². The Morgan fingerprint density at radius 2 is 2.05 bits per heavy atom. The second kappa shape index (κ2) is 7.23. The standard InChI is InChI=1S/C16H13BrClNO/c1-2-9-20-16-6-4-3-5-12(16)11-19-13-7-8-15(18)14(17)10-13/h1,3-8,10,19H,9,11H2. The minimum atomic E-state index is 0.267. The Hall–Kier alpha value is -1.63. The van der Waals surface area contributed by atoms with Gasteiger partial charge in [0.1, 0.15) is 12.4 Å². The van der Waals surface area contributed by atoms with Crippen LogP contribution < -0.4 is 10.1 Å². The summed E-state index contributed by atoms with van der Waals surface area (Å²) in [6.07, 6.45) is 5.21. The summed E-state index contributed by atoms with van der Waals surface area (Å²) in [6, 6.07) is 13.5. The van der Waals surface area contributed by atoms with Gasteiger partial charge in [0.25, 0.3) is 0 Å². The van der Waals surface area contributed by atoms with Crippen LogP contribution in [0.25, 0.3) is 0 Å². The molecule has 0 fully saturated rings. The van der Waals surface area contributed by atoms with Crippen LogP contribution in [0.15, 0.2) is 46.9 Å². The van der Waals surface area contributed by atoms with Gasteiger partial charge in [-0.25, -0.2) is 0 Å². The van der Waals surface area contributed by atoms with Crippen LogP contribution in [0, 0.1) is 12.3 Å². The van der Waals surface area contributed by atoms with Gasteiger partial charge in [0.15, 0.2) is 0 Å². The SMILES string of the molecule is C#CCOc1ccccc1CNc1ccc(Cl)c(Br)c1. The van der Waals surface area contributed by atoms with E-state index in [1.165, 1.54) is 0 Å². The van der Waals surface area contributed by atoms with E-state index < -0.39 is 0 Å². The molecule has 0 aliphatic carbocycles. The van der Waals surface area contributed by atoms with Gasteiger partial charge in [-0.05, 0) is 40.2 Å². The summed E-state index contributed by atoms with van der Waals surface area (Å²) in [5, 5.41) is 4.01. The lowest BCUT2D eigenvalue weighted by Crippen LogP contribution is -2.03. The molecule has 2 aromatic carbocycles. The third-order valence-electron chi connectivity index (χ3n) is 2.69. The van der Waals surface area contributed by atoms with Crippen molar-refractivity contribution >= 4 is 33.2 Å². The minimum absolute atomic E-state index is 0.267. The summed E-state index contributed by atoms with van der Waals surface area (Å²) in [4.78, 5) is 0. The molecule has 0 amide bonds. The number of hydrogen-bond donors (Lipinski definition) is 1. The first-order valence-electron chi connectivity index (χ1n) is 6.04. The maximum absolute atomic E-state index is 5.97. The maximum atomic E-state index is 5.97. The third kappa shape index (κ3) is 3.93. The fourth-order valence-electron chi connectivity index (χ4n) is 1.71. The molecule has 1 N–H and O–H groups in total. The molecule has 0 bridgehead atoms. The molecular weight excluding hydrogens is 338 g/mol. The van der Waals surface area contributed by atoms with Crippen molar-refractivity contribution in [3.63, 3.8) is 0 Å². The minimum Gasteiger partial charge on any atom is -0.481 e. The number of anilines is 1. The van der Waals surface area contributed by atoms with Crippen LogP contribution in [-0.2, 0) is 6.54 Å². The molecule has 2 aromatic rings. The van der Waals surface area contributed by atoms with Crippen molar-refractivity contribution < 1.29 is 4.74 Å². The lowest BCUT2D eigenvalue weighted by Gasteiger charge is -2.12. The van der Waals surface area contributed by atoms with E-state index in [2.05, 4.69) is 27.2 Å². The predicted molar refractivity (Wildman–Crippen MR) is 87.2 cm³/mol. The normalized spacial score (nSPS) is 9.85. The van der Waals surface area contributed by atoms with Crippen LogP contribution in [-0.4, -0.2) is 6.61 Å². The van der Waals surface area contributed by atoms with Gasteiger partial charge in [-0.3, -0.25) is 0 Å². The summed E-state index contributed by atoms with van der Waals surface area (Å²) < 4.78 is 6.37. The van der Waals surface area contributed by atoms with E-state index in [1.54, 1.807) is 0 Å². The topological polar surface area (TPSA) is 21.3 Å². The second-order valence-corrected chi connectivity index (χ2v) is 5.34. The molecular formula is C16H13BrClNO. The van der Waals surface area contributed by atoms with E-state index >= 15 is 0 Å². The molecule has 0 unspecified atom stereocenters. The first kappa shape index (κ1) is 14.8. The average molecular weight is 351 g/mol. The van der Waals surface area contributed by atoms with E-state index in [0.29, 0.717) is 11.6 Å². The highest BCUT2D eigenvalue weighted by molar-refractivity contribution is 9.10. The number of halogens is 2. The number of nitrogens with one attached hydrogen (secondary N) is 1. The molecule has 0 radical (unpaired) electrons. The van der Waals surface area contributed by atoms with Gasteiger partial charge < -0.3 is 10.1 Å². The second-order valence-electron chi connectivity index (χ2n) is 4.08. The zero-order chi connectivity index (χ0) is 14.4. The van der Waals surface area contributed by atoms with Crippen molar-refractivity contribution in [2.45, 2.75) is 6.54 Å². The number of benzene rings is 2. The van der Waals surface area contributed by atoms with Gasteiger partial charge >= 0.3 is 0 Å². The van der Waals surface area contributed by atoms with Crippen molar-refractivity contribution in [1.29, 1.82) is 0 Å². The highest BCUT2D eigenvalue weighted by Crippen LogP contribution is 2.26. The number of terminal acetylenes is 1. The smallest absolute Gasteiger partial charge is 0.148 e. The van der Waals surface area contributed by atoms with Gasteiger partial charge in [-0.2, -0.15) is 0 Å². The third-order valence-corrected chi connectivity index (χ3v) is 3.90. The van der Waals surface area contributed by atoms with Crippen molar-refractivity contribution in [3.8, 4) is 18.1 Å². The van der Waals surface area contributed by atoms with Crippen LogP contribution in [0.3, 0.4) is 0 Å². The largest absolute Gasteiger partial charge is 0.481 e. The van der Waals surface area contributed by atoms with Crippen molar-refractivity contribution in [1.82, 2.24) is 0 Å². The first-order chi connectivity index (χ1) is 9.70. The molecule has 2 nitrogen and oxygen atoms in total. The van der Waals surface area contributed by atoms with Gasteiger partial charge in [0.2, 0.25) is 0 Å². The fourth-order valence-corrected chi connectivity index (χ4v) is 2.21. The number of para-hydroxylation sites is 1. The molecule has 0 saturated heterocycles. The van der Waals surface area contributed by atoms with Crippen LogP contribution in [0.1, 0.15) is 5.56 Å². The Morgan fingerprint density at radius 3 is 2.80 bits per heavy atom. The molecule has 102 valence electrons. The quantitative estimate of drug-likeness (QED) is 0.787. The van der Waals surface area contributed by atoms with Gasteiger partial charge in [-0.1, -0.05) is 35.7 Å². The molecule has 0 aliphatic rings. The average Bonchev–Trinajstić information content (AvgIpc) is 2.47. The van der Waals surface area contributed by atoms with Gasteiger partial charge in [-0.15, -0.1) is 6.42 Å². The maximum Gasteiger partial charge on any atom is 0.148 e. The van der Waals surface area contributed by atoms with Crippen LogP contribution in [0.2, 0.25) is 5.02 Å². The number of rotatable bonds is 5. The number of ether oxygens (including phenoxy) is 1. The Kier molecular flexibility index (Phi) is 5.34. The van der Waals surface area contributed by atoms with Crippen molar-refractivity contribution in [3.05, 3.63) is 57.5 Å². The van der Waals surface area contributed by atoms with Gasteiger partial charge in [0.05, 0.1) is 5.02 Å². The molecule has 0 spiro atoms. The Bertz CT molecular complexity index is 637.